The van der Waals surface area contributed by atoms with Crippen LogP contribution in [0.4, 0.5) is 0 Å². The Hall–Kier alpha value is -0.510. The first-order valence-electron chi connectivity index (χ1n) is 8.01. The SMILES string of the molecule is c1ccc(CCN2CCC(NCC3CCCS3)C2)cc1. The number of likely N-dealkylation sites (tertiary alicyclic amines) is 1. The lowest BCUT2D eigenvalue weighted by molar-refractivity contribution is 0.332. The molecule has 3 heteroatoms. The molecule has 2 aliphatic heterocycles. The van der Waals surface area contributed by atoms with Crippen molar-refractivity contribution in [1.29, 1.82) is 0 Å². The van der Waals surface area contributed by atoms with Crippen LogP contribution in [0.25, 0.3) is 0 Å². The number of rotatable bonds is 6. The average Bonchev–Trinajstić information content (AvgIpc) is 3.16. The number of hydrogen-bond acceptors (Lipinski definition) is 3. The molecular formula is C17H26N2S. The van der Waals surface area contributed by atoms with Gasteiger partial charge in [-0.3, -0.25) is 0 Å². The summed E-state index contributed by atoms with van der Waals surface area (Å²) in [5, 5.41) is 4.67. The van der Waals surface area contributed by atoms with Gasteiger partial charge in [0.2, 0.25) is 0 Å². The second-order valence-electron chi connectivity index (χ2n) is 6.07. The Kier molecular flexibility index (Phi) is 5.40. The van der Waals surface area contributed by atoms with E-state index in [-0.39, 0.29) is 0 Å². The van der Waals surface area contributed by atoms with Gasteiger partial charge in [-0.05, 0) is 43.5 Å². The maximum Gasteiger partial charge on any atom is 0.0207 e. The molecule has 2 heterocycles. The van der Waals surface area contributed by atoms with Crippen LogP contribution < -0.4 is 5.32 Å². The van der Waals surface area contributed by atoms with Crippen LogP contribution in [0.2, 0.25) is 0 Å². The summed E-state index contributed by atoms with van der Waals surface area (Å²) in [6, 6.07) is 11.6. The van der Waals surface area contributed by atoms with E-state index in [4.69, 9.17) is 0 Å². The summed E-state index contributed by atoms with van der Waals surface area (Å²) in [5.74, 6) is 1.38. The van der Waals surface area contributed by atoms with E-state index in [1.807, 2.05) is 0 Å². The molecule has 2 fully saturated rings. The predicted octanol–water partition coefficient (Wildman–Crippen LogP) is 2.79. The highest BCUT2D eigenvalue weighted by Gasteiger charge is 2.23. The lowest BCUT2D eigenvalue weighted by Gasteiger charge is -2.18. The highest BCUT2D eigenvalue weighted by atomic mass is 32.2. The van der Waals surface area contributed by atoms with Gasteiger partial charge in [0.05, 0.1) is 0 Å². The van der Waals surface area contributed by atoms with Crippen LogP contribution in [0.15, 0.2) is 30.3 Å². The van der Waals surface area contributed by atoms with E-state index >= 15 is 0 Å². The lowest BCUT2D eigenvalue weighted by atomic mass is 10.1. The van der Waals surface area contributed by atoms with Crippen LogP contribution in [0.1, 0.15) is 24.8 Å². The first kappa shape index (κ1) is 14.4. The summed E-state index contributed by atoms with van der Waals surface area (Å²) in [7, 11) is 0. The van der Waals surface area contributed by atoms with Gasteiger partial charge in [0.15, 0.2) is 0 Å². The van der Waals surface area contributed by atoms with Gasteiger partial charge >= 0.3 is 0 Å². The molecule has 0 radical (unpaired) electrons. The molecule has 2 atom stereocenters. The van der Waals surface area contributed by atoms with E-state index in [1.165, 1.54) is 63.2 Å². The number of hydrogen-bond donors (Lipinski definition) is 1. The zero-order chi connectivity index (χ0) is 13.6. The summed E-state index contributed by atoms with van der Waals surface area (Å²) >= 11 is 2.16. The third-order valence-corrected chi connectivity index (χ3v) is 5.89. The molecule has 0 aliphatic carbocycles. The molecule has 0 amide bonds. The minimum Gasteiger partial charge on any atom is -0.312 e. The van der Waals surface area contributed by atoms with Crippen molar-refractivity contribution in [3.05, 3.63) is 35.9 Å². The molecule has 1 aromatic rings. The van der Waals surface area contributed by atoms with Gasteiger partial charge in [0.25, 0.3) is 0 Å². The van der Waals surface area contributed by atoms with Crippen molar-refractivity contribution in [3.8, 4) is 0 Å². The Morgan fingerprint density at radius 1 is 1.20 bits per heavy atom. The Labute approximate surface area is 127 Å². The quantitative estimate of drug-likeness (QED) is 0.867. The molecule has 0 saturated carbocycles. The van der Waals surface area contributed by atoms with E-state index in [9.17, 15) is 0 Å². The molecule has 3 rings (SSSR count). The summed E-state index contributed by atoms with van der Waals surface area (Å²) < 4.78 is 0. The fourth-order valence-electron chi connectivity index (χ4n) is 3.24. The van der Waals surface area contributed by atoms with Crippen LogP contribution in [0.3, 0.4) is 0 Å². The van der Waals surface area contributed by atoms with Gasteiger partial charge in [-0.25, -0.2) is 0 Å². The highest BCUT2D eigenvalue weighted by Crippen LogP contribution is 2.25. The fourth-order valence-corrected chi connectivity index (χ4v) is 4.45. The molecule has 1 N–H and O–H groups in total. The van der Waals surface area contributed by atoms with Crippen LogP contribution in [-0.4, -0.2) is 48.1 Å². The van der Waals surface area contributed by atoms with Crippen LogP contribution in [0.5, 0.6) is 0 Å². The highest BCUT2D eigenvalue weighted by molar-refractivity contribution is 8.00. The van der Waals surface area contributed by atoms with Gasteiger partial charge in [-0.2, -0.15) is 11.8 Å². The standard InChI is InChI=1S/C17H26N2S/c1-2-5-15(6-3-1)8-10-19-11-9-16(14-19)18-13-17-7-4-12-20-17/h1-3,5-6,16-18H,4,7-14H2. The average molecular weight is 290 g/mol. The Morgan fingerprint density at radius 3 is 2.90 bits per heavy atom. The van der Waals surface area contributed by atoms with Crippen molar-refractivity contribution in [2.75, 3.05) is 31.9 Å². The maximum absolute atomic E-state index is 3.79. The smallest absolute Gasteiger partial charge is 0.0207 e. The van der Waals surface area contributed by atoms with Gasteiger partial charge < -0.3 is 10.2 Å². The zero-order valence-electron chi connectivity index (χ0n) is 12.3. The molecule has 1 aromatic carbocycles. The lowest BCUT2D eigenvalue weighted by Crippen LogP contribution is -2.36. The van der Waals surface area contributed by atoms with Crippen molar-refractivity contribution in [3.63, 3.8) is 0 Å². The summed E-state index contributed by atoms with van der Waals surface area (Å²) in [6.07, 6.45) is 5.35. The molecule has 2 unspecified atom stereocenters. The normalized spacial score (nSPS) is 27.2. The first-order chi connectivity index (χ1) is 9.90. The summed E-state index contributed by atoms with van der Waals surface area (Å²) in [6.45, 7) is 4.94. The van der Waals surface area contributed by atoms with E-state index in [0.29, 0.717) is 0 Å². The van der Waals surface area contributed by atoms with Crippen molar-refractivity contribution < 1.29 is 0 Å². The molecule has 0 bridgehead atoms. The molecule has 110 valence electrons. The third-order valence-electron chi connectivity index (χ3n) is 4.49. The van der Waals surface area contributed by atoms with E-state index in [0.717, 1.165) is 11.3 Å². The Bertz CT molecular complexity index is 389. The van der Waals surface area contributed by atoms with Gasteiger partial charge in [-0.1, -0.05) is 30.3 Å². The molecule has 2 saturated heterocycles. The molecule has 2 aliphatic rings. The summed E-state index contributed by atoms with van der Waals surface area (Å²) in [5.41, 5.74) is 1.46. The molecular weight excluding hydrogens is 264 g/mol. The number of thioether (sulfide) groups is 1. The van der Waals surface area contributed by atoms with Crippen molar-refractivity contribution in [2.24, 2.45) is 0 Å². The van der Waals surface area contributed by atoms with Gasteiger partial charge in [0, 0.05) is 30.9 Å². The largest absolute Gasteiger partial charge is 0.312 e. The van der Waals surface area contributed by atoms with E-state index < -0.39 is 0 Å². The Morgan fingerprint density at radius 2 is 2.10 bits per heavy atom. The van der Waals surface area contributed by atoms with Crippen LogP contribution in [0, 0.1) is 0 Å². The second kappa shape index (κ2) is 7.48. The fraction of sp³-hybridized carbons (Fsp3) is 0.647. The maximum atomic E-state index is 3.79. The monoisotopic (exact) mass is 290 g/mol. The van der Waals surface area contributed by atoms with E-state index in [1.54, 1.807) is 0 Å². The molecule has 2 nitrogen and oxygen atoms in total. The Balaban J connectivity index is 1.34. The number of nitrogens with one attached hydrogen (secondary N) is 1. The minimum absolute atomic E-state index is 0.729. The topological polar surface area (TPSA) is 15.3 Å². The number of benzene rings is 1. The van der Waals surface area contributed by atoms with Crippen molar-refractivity contribution >= 4 is 11.8 Å². The minimum atomic E-state index is 0.729. The van der Waals surface area contributed by atoms with Crippen LogP contribution >= 0.6 is 11.8 Å². The number of nitrogens with zero attached hydrogens (tertiary/aromatic N) is 1. The van der Waals surface area contributed by atoms with Crippen LogP contribution in [-0.2, 0) is 6.42 Å². The zero-order valence-corrected chi connectivity index (χ0v) is 13.1. The second-order valence-corrected chi connectivity index (χ2v) is 7.47. The predicted molar refractivity (Wildman–Crippen MR) is 88.5 cm³/mol. The van der Waals surface area contributed by atoms with Gasteiger partial charge in [-0.15, -0.1) is 0 Å². The first-order valence-corrected chi connectivity index (χ1v) is 9.06. The van der Waals surface area contributed by atoms with Crippen molar-refractivity contribution in [2.45, 2.75) is 37.0 Å². The third kappa shape index (κ3) is 4.24. The van der Waals surface area contributed by atoms with E-state index in [2.05, 4.69) is 52.3 Å². The van der Waals surface area contributed by atoms with Gasteiger partial charge in [0.1, 0.15) is 0 Å². The molecule has 0 aromatic heterocycles. The summed E-state index contributed by atoms with van der Waals surface area (Å²) in [4.78, 5) is 2.62. The molecule has 0 spiro atoms. The molecule has 20 heavy (non-hydrogen) atoms. The van der Waals surface area contributed by atoms with Crippen molar-refractivity contribution in [1.82, 2.24) is 10.2 Å².